The van der Waals surface area contributed by atoms with Crippen LogP contribution in [0.2, 0.25) is 0 Å². The maximum absolute atomic E-state index is 12.4. The Bertz CT molecular complexity index is 612. The largest absolute Gasteiger partial charge is 0.484 e. The molecule has 5 nitrogen and oxygen atoms in total. The zero-order valence-corrected chi connectivity index (χ0v) is 17.0. The third-order valence-electron chi connectivity index (χ3n) is 6.79. The summed E-state index contributed by atoms with van der Waals surface area (Å²) in [7, 11) is 0. The first-order valence-corrected chi connectivity index (χ1v) is 11.0. The predicted octanol–water partition coefficient (Wildman–Crippen LogP) is 3.34. The molecule has 3 heterocycles. The summed E-state index contributed by atoms with van der Waals surface area (Å²) in [5, 5.41) is 0. The summed E-state index contributed by atoms with van der Waals surface area (Å²) in [5.41, 5.74) is 0.198. The summed E-state index contributed by atoms with van der Waals surface area (Å²) in [6.07, 6.45) is 8.43. The molecule has 1 spiro atoms. The van der Waals surface area contributed by atoms with Crippen LogP contribution in [0.4, 0.5) is 0 Å². The minimum absolute atomic E-state index is 0.108. The summed E-state index contributed by atoms with van der Waals surface area (Å²) in [6, 6.07) is 9.58. The predicted molar refractivity (Wildman–Crippen MR) is 109 cm³/mol. The van der Waals surface area contributed by atoms with Gasteiger partial charge in [0.2, 0.25) is 0 Å². The molecule has 3 saturated heterocycles. The molecule has 3 fully saturated rings. The fraction of sp³-hybridized carbons (Fsp3) is 0.696. The molecule has 4 rings (SSSR count). The van der Waals surface area contributed by atoms with E-state index in [-0.39, 0.29) is 18.1 Å². The monoisotopic (exact) mass is 386 g/mol. The second kappa shape index (κ2) is 9.27. The van der Waals surface area contributed by atoms with Crippen LogP contribution in [0.1, 0.15) is 44.9 Å². The molecule has 0 atom stereocenters. The molecule has 0 aliphatic carbocycles. The summed E-state index contributed by atoms with van der Waals surface area (Å²) in [5.74, 6) is 1.58. The number of ether oxygens (including phenoxy) is 2. The average molecular weight is 387 g/mol. The van der Waals surface area contributed by atoms with Crippen molar-refractivity contribution in [3.63, 3.8) is 0 Å². The Labute approximate surface area is 169 Å². The Balaban J connectivity index is 1.15. The number of piperidine rings is 2. The van der Waals surface area contributed by atoms with Gasteiger partial charge in [0.05, 0.1) is 5.60 Å². The smallest absolute Gasteiger partial charge is 0.260 e. The number of hydrogen-bond donors (Lipinski definition) is 0. The van der Waals surface area contributed by atoms with E-state index in [0.29, 0.717) is 5.92 Å². The molecule has 1 aromatic carbocycles. The lowest BCUT2D eigenvalue weighted by Crippen LogP contribution is -2.49. The van der Waals surface area contributed by atoms with Crippen molar-refractivity contribution in [1.29, 1.82) is 0 Å². The van der Waals surface area contributed by atoms with Gasteiger partial charge in [0.15, 0.2) is 6.61 Å². The molecule has 1 amide bonds. The molecule has 0 saturated carbocycles. The Morgan fingerprint density at radius 2 is 1.79 bits per heavy atom. The molecule has 154 valence electrons. The highest BCUT2D eigenvalue weighted by Gasteiger charge is 2.37. The Hall–Kier alpha value is -1.59. The quantitative estimate of drug-likeness (QED) is 0.778. The number of amides is 1. The first-order valence-electron chi connectivity index (χ1n) is 11.0. The van der Waals surface area contributed by atoms with Gasteiger partial charge in [0.1, 0.15) is 5.75 Å². The number of para-hydroxylation sites is 1. The van der Waals surface area contributed by atoms with Gasteiger partial charge in [-0.15, -0.1) is 0 Å². The van der Waals surface area contributed by atoms with Crippen molar-refractivity contribution in [2.75, 3.05) is 45.9 Å². The normalized spacial score (nSPS) is 23.6. The highest BCUT2D eigenvalue weighted by Crippen LogP contribution is 2.35. The zero-order chi connectivity index (χ0) is 19.2. The van der Waals surface area contributed by atoms with Gasteiger partial charge in [-0.25, -0.2) is 0 Å². The lowest BCUT2D eigenvalue weighted by molar-refractivity contribution is -0.135. The fourth-order valence-electron chi connectivity index (χ4n) is 4.93. The van der Waals surface area contributed by atoms with Crippen LogP contribution in [0.15, 0.2) is 30.3 Å². The van der Waals surface area contributed by atoms with Crippen LogP contribution in [-0.4, -0.2) is 67.2 Å². The molecular formula is C23H34N2O3. The van der Waals surface area contributed by atoms with Gasteiger partial charge < -0.3 is 19.3 Å². The zero-order valence-electron chi connectivity index (χ0n) is 17.0. The van der Waals surface area contributed by atoms with Gasteiger partial charge in [-0.3, -0.25) is 4.79 Å². The van der Waals surface area contributed by atoms with E-state index >= 15 is 0 Å². The van der Waals surface area contributed by atoms with E-state index in [2.05, 4.69) is 4.90 Å². The fourth-order valence-corrected chi connectivity index (χ4v) is 4.93. The van der Waals surface area contributed by atoms with Crippen molar-refractivity contribution in [3.8, 4) is 5.75 Å². The number of carbonyl (C=O) groups is 1. The SMILES string of the molecule is O=C(COc1ccccc1)N1CCC(CN2CCC3(CCCCO3)CC2)CC1. The molecule has 0 aromatic heterocycles. The van der Waals surface area contributed by atoms with Crippen molar-refractivity contribution < 1.29 is 14.3 Å². The van der Waals surface area contributed by atoms with Crippen molar-refractivity contribution in [2.24, 2.45) is 5.92 Å². The molecular weight excluding hydrogens is 352 g/mol. The lowest BCUT2D eigenvalue weighted by Gasteiger charge is -2.45. The summed E-state index contributed by atoms with van der Waals surface area (Å²) in [4.78, 5) is 17.0. The third kappa shape index (κ3) is 5.06. The number of carbonyl (C=O) groups excluding carboxylic acids is 1. The molecule has 0 N–H and O–H groups in total. The Morgan fingerprint density at radius 3 is 2.46 bits per heavy atom. The molecule has 28 heavy (non-hydrogen) atoms. The maximum atomic E-state index is 12.4. The van der Waals surface area contributed by atoms with Crippen LogP contribution in [0.5, 0.6) is 5.75 Å². The summed E-state index contributed by atoms with van der Waals surface area (Å²) >= 11 is 0. The van der Waals surface area contributed by atoms with Crippen LogP contribution in [0.3, 0.4) is 0 Å². The number of hydrogen-bond acceptors (Lipinski definition) is 4. The van der Waals surface area contributed by atoms with Crippen molar-refractivity contribution in [3.05, 3.63) is 30.3 Å². The third-order valence-corrected chi connectivity index (χ3v) is 6.79. The van der Waals surface area contributed by atoms with E-state index in [9.17, 15) is 4.79 Å². The molecule has 0 radical (unpaired) electrons. The average Bonchev–Trinajstić information content (AvgIpc) is 2.76. The molecule has 1 aromatic rings. The first-order chi connectivity index (χ1) is 13.7. The van der Waals surface area contributed by atoms with Crippen LogP contribution in [-0.2, 0) is 9.53 Å². The van der Waals surface area contributed by atoms with Gasteiger partial charge in [0.25, 0.3) is 5.91 Å². The minimum Gasteiger partial charge on any atom is -0.484 e. The van der Waals surface area contributed by atoms with Gasteiger partial charge in [-0.05, 0) is 63.0 Å². The molecule has 0 unspecified atom stereocenters. The van der Waals surface area contributed by atoms with E-state index in [0.717, 1.165) is 38.3 Å². The van der Waals surface area contributed by atoms with Gasteiger partial charge >= 0.3 is 0 Å². The van der Waals surface area contributed by atoms with Crippen LogP contribution < -0.4 is 4.74 Å². The minimum atomic E-state index is 0.108. The summed E-state index contributed by atoms with van der Waals surface area (Å²) in [6.45, 7) is 6.35. The second-order valence-electron chi connectivity index (χ2n) is 8.72. The lowest BCUT2D eigenvalue weighted by atomic mass is 9.84. The standard InChI is InChI=1S/C23H34N2O3/c26-22(19-27-21-6-2-1-3-7-21)25-13-8-20(9-14-25)18-24-15-11-23(12-16-24)10-4-5-17-28-23/h1-3,6-7,20H,4-5,8-19H2. The maximum Gasteiger partial charge on any atom is 0.260 e. The van der Waals surface area contributed by atoms with E-state index in [1.807, 2.05) is 35.2 Å². The Morgan fingerprint density at radius 1 is 1.04 bits per heavy atom. The molecule has 0 bridgehead atoms. The van der Waals surface area contributed by atoms with Gasteiger partial charge in [0, 0.05) is 39.3 Å². The first kappa shape index (κ1) is 19.7. The highest BCUT2D eigenvalue weighted by molar-refractivity contribution is 5.77. The number of benzene rings is 1. The van der Waals surface area contributed by atoms with Crippen molar-refractivity contribution in [1.82, 2.24) is 9.80 Å². The van der Waals surface area contributed by atoms with E-state index in [1.54, 1.807) is 0 Å². The van der Waals surface area contributed by atoms with Crippen LogP contribution in [0.25, 0.3) is 0 Å². The molecule has 3 aliphatic heterocycles. The highest BCUT2D eigenvalue weighted by atomic mass is 16.5. The van der Waals surface area contributed by atoms with Gasteiger partial charge in [-0.1, -0.05) is 18.2 Å². The second-order valence-corrected chi connectivity index (χ2v) is 8.72. The van der Waals surface area contributed by atoms with Crippen molar-refractivity contribution >= 4 is 5.91 Å². The van der Waals surface area contributed by atoms with Crippen LogP contribution >= 0.6 is 0 Å². The molecule has 3 aliphatic rings. The van der Waals surface area contributed by atoms with Gasteiger partial charge in [-0.2, -0.15) is 0 Å². The van der Waals surface area contributed by atoms with E-state index < -0.39 is 0 Å². The van der Waals surface area contributed by atoms with E-state index in [4.69, 9.17) is 9.47 Å². The number of rotatable bonds is 5. The topological polar surface area (TPSA) is 42.0 Å². The molecule has 5 heteroatoms. The van der Waals surface area contributed by atoms with Crippen LogP contribution in [0, 0.1) is 5.92 Å². The number of nitrogens with zero attached hydrogens (tertiary/aromatic N) is 2. The Kier molecular flexibility index (Phi) is 6.53. The van der Waals surface area contributed by atoms with E-state index in [1.165, 1.54) is 51.7 Å². The van der Waals surface area contributed by atoms with Crippen molar-refractivity contribution in [2.45, 2.75) is 50.5 Å². The number of likely N-dealkylation sites (tertiary alicyclic amines) is 2. The summed E-state index contributed by atoms with van der Waals surface area (Å²) < 4.78 is 11.8.